The molecule has 0 aliphatic carbocycles. The molecule has 2 rings (SSSR count). The molecule has 1 amide bonds. The van der Waals surface area contributed by atoms with Gasteiger partial charge < -0.3 is 10.6 Å². The number of likely N-dealkylation sites (N-methyl/N-ethyl adjacent to an activating group) is 1. The SMILES string of the molecule is Cc1csc(Sc2ccc(C(=O)N(C)C(C)CN)cc2[N+](=O)[O-])n1.Cl. The lowest BCUT2D eigenvalue weighted by Crippen LogP contribution is -2.39. The highest BCUT2D eigenvalue weighted by Crippen LogP contribution is 2.36. The van der Waals surface area contributed by atoms with Gasteiger partial charge in [-0.2, -0.15) is 0 Å². The first-order valence-electron chi connectivity index (χ1n) is 7.19. The van der Waals surface area contributed by atoms with Crippen LogP contribution in [0.1, 0.15) is 23.0 Å². The van der Waals surface area contributed by atoms with Gasteiger partial charge in [0, 0.05) is 42.3 Å². The number of aromatic nitrogens is 1. The van der Waals surface area contributed by atoms with Gasteiger partial charge >= 0.3 is 0 Å². The summed E-state index contributed by atoms with van der Waals surface area (Å²) in [6.45, 7) is 4.01. The van der Waals surface area contributed by atoms with Crippen LogP contribution in [-0.2, 0) is 0 Å². The zero-order valence-corrected chi connectivity index (χ0v) is 16.4. The molecule has 1 atom stereocenters. The van der Waals surface area contributed by atoms with Gasteiger partial charge in [0.15, 0.2) is 4.34 Å². The average molecular weight is 403 g/mol. The average Bonchev–Trinajstić information content (AvgIpc) is 2.97. The monoisotopic (exact) mass is 402 g/mol. The predicted octanol–water partition coefficient (Wildman–Crippen LogP) is 3.35. The van der Waals surface area contributed by atoms with Crippen LogP contribution >= 0.6 is 35.5 Å². The predicted molar refractivity (Wildman–Crippen MR) is 102 cm³/mol. The normalized spacial score (nSPS) is 11.5. The first kappa shape index (κ1) is 21.4. The standard InChI is InChI=1S/C15H18N4O3S2.ClH/c1-9-8-23-15(17-9)24-13-5-4-11(6-12(13)19(21)22)14(20)18(3)10(2)7-16;/h4-6,8,10H,7,16H2,1-3H3;1H. The van der Waals surface area contributed by atoms with Crippen LogP contribution in [0.4, 0.5) is 5.69 Å². The highest BCUT2D eigenvalue weighted by molar-refractivity contribution is 8.01. The number of halogens is 1. The summed E-state index contributed by atoms with van der Waals surface area (Å²) in [4.78, 5) is 29.6. The quantitative estimate of drug-likeness (QED) is 0.587. The number of carbonyl (C=O) groups is 1. The van der Waals surface area contributed by atoms with E-state index in [0.717, 1.165) is 10.0 Å². The van der Waals surface area contributed by atoms with Gasteiger partial charge in [0.2, 0.25) is 0 Å². The molecule has 0 fully saturated rings. The van der Waals surface area contributed by atoms with Crippen molar-refractivity contribution < 1.29 is 9.72 Å². The van der Waals surface area contributed by atoms with E-state index >= 15 is 0 Å². The Morgan fingerprint density at radius 3 is 2.72 bits per heavy atom. The van der Waals surface area contributed by atoms with Gasteiger partial charge in [-0.05, 0) is 26.0 Å². The summed E-state index contributed by atoms with van der Waals surface area (Å²) >= 11 is 2.65. The van der Waals surface area contributed by atoms with Crippen molar-refractivity contribution >= 4 is 47.1 Å². The lowest BCUT2D eigenvalue weighted by atomic mass is 10.1. The maximum Gasteiger partial charge on any atom is 0.284 e. The Kier molecular flexibility index (Phi) is 7.81. The molecule has 136 valence electrons. The van der Waals surface area contributed by atoms with Crippen LogP contribution in [0, 0.1) is 17.0 Å². The summed E-state index contributed by atoms with van der Waals surface area (Å²) in [5.41, 5.74) is 6.60. The highest BCUT2D eigenvalue weighted by Gasteiger charge is 2.22. The molecule has 10 heteroatoms. The van der Waals surface area contributed by atoms with E-state index in [0.29, 0.717) is 11.4 Å². The second kappa shape index (κ2) is 9.14. The van der Waals surface area contributed by atoms with E-state index < -0.39 is 4.92 Å². The Morgan fingerprint density at radius 2 is 2.20 bits per heavy atom. The van der Waals surface area contributed by atoms with E-state index in [4.69, 9.17) is 5.73 Å². The molecule has 2 aromatic rings. The summed E-state index contributed by atoms with van der Waals surface area (Å²) in [7, 11) is 1.63. The van der Waals surface area contributed by atoms with E-state index in [9.17, 15) is 14.9 Å². The molecular weight excluding hydrogens is 384 g/mol. The van der Waals surface area contributed by atoms with E-state index in [-0.39, 0.29) is 35.6 Å². The zero-order valence-electron chi connectivity index (χ0n) is 14.0. The summed E-state index contributed by atoms with van der Waals surface area (Å²) < 4.78 is 0.726. The Bertz CT molecular complexity index is 769. The van der Waals surface area contributed by atoms with Crippen molar-refractivity contribution in [1.29, 1.82) is 0 Å². The van der Waals surface area contributed by atoms with Crippen molar-refractivity contribution in [2.24, 2.45) is 5.73 Å². The molecule has 1 heterocycles. The minimum Gasteiger partial charge on any atom is -0.338 e. The number of nitro groups is 1. The number of nitrogens with zero attached hydrogens (tertiary/aromatic N) is 3. The van der Waals surface area contributed by atoms with Crippen molar-refractivity contribution in [3.8, 4) is 0 Å². The highest BCUT2D eigenvalue weighted by atomic mass is 35.5. The van der Waals surface area contributed by atoms with Gasteiger partial charge in [-0.15, -0.1) is 23.7 Å². The second-order valence-corrected chi connectivity index (χ2v) is 7.44. The molecule has 0 radical (unpaired) electrons. The van der Waals surface area contributed by atoms with Gasteiger partial charge in [-0.3, -0.25) is 14.9 Å². The number of carbonyl (C=O) groups excluding carboxylic acids is 1. The summed E-state index contributed by atoms with van der Waals surface area (Å²) in [6.07, 6.45) is 0. The molecule has 0 aliphatic rings. The van der Waals surface area contributed by atoms with E-state index in [1.165, 1.54) is 34.1 Å². The Labute approximate surface area is 160 Å². The number of nitro benzene ring substituents is 1. The molecule has 1 aromatic carbocycles. The second-order valence-electron chi connectivity index (χ2n) is 5.30. The number of amides is 1. The Balaban J connectivity index is 0.00000312. The summed E-state index contributed by atoms with van der Waals surface area (Å²) in [5, 5.41) is 13.3. The fourth-order valence-corrected chi connectivity index (χ4v) is 3.79. The van der Waals surface area contributed by atoms with Crippen molar-refractivity contribution in [3.63, 3.8) is 0 Å². The number of hydrogen-bond donors (Lipinski definition) is 1. The largest absolute Gasteiger partial charge is 0.338 e. The third kappa shape index (κ3) is 5.15. The molecule has 1 unspecified atom stereocenters. The molecule has 25 heavy (non-hydrogen) atoms. The molecule has 2 N–H and O–H groups in total. The molecule has 1 aromatic heterocycles. The lowest BCUT2D eigenvalue weighted by Gasteiger charge is -2.23. The van der Waals surface area contributed by atoms with Gasteiger partial charge in [0.1, 0.15) is 0 Å². The third-order valence-electron chi connectivity index (χ3n) is 3.52. The third-order valence-corrected chi connectivity index (χ3v) is 5.64. The number of nitrogens with two attached hydrogens (primary N) is 1. The molecule has 0 aliphatic heterocycles. The van der Waals surface area contributed by atoms with E-state index in [1.54, 1.807) is 19.2 Å². The van der Waals surface area contributed by atoms with Crippen molar-refractivity contribution in [1.82, 2.24) is 9.88 Å². The van der Waals surface area contributed by atoms with Crippen molar-refractivity contribution in [3.05, 3.63) is 45.0 Å². The van der Waals surface area contributed by atoms with E-state index in [1.807, 2.05) is 19.2 Å². The smallest absolute Gasteiger partial charge is 0.284 e. The van der Waals surface area contributed by atoms with Gasteiger partial charge in [0.25, 0.3) is 11.6 Å². The number of thiazole rings is 1. The first-order chi connectivity index (χ1) is 11.3. The lowest BCUT2D eigenvalue weighted by molar-refractivity contribution is -0.387. The van der Waals surface area contributed by atoms with Crippen LogP contribution in [0.25, 0.3) is 0 Å². The number of hydrogen-bond acceptors (Lipinski definition) is 7. The maximum atomic E-state index is 12.4. The Morgan fingerprint density at radius 1 is 1.52 bits per heavy atom. The van der Waals surface area contributed by atoms with Gasteiger partial charge in [-0.25, -0.2) is 4.98 Å². The molecular formula is C15H19ClN4O3S2. The maximum absolute atomic E-state index is 12.4. The minimum atomic E-state index is -0.480. The summed E-state index contributed by atoms with van der Waals surface area (Å²) in [6, 6.07) is 4.35. The zero-order chi connectivity index (χ0) is 17.9. The molecule has 0 bridgehead atoms. The van der Waals surface area contributed by atoms with Crippen LogP contribution in [0.3, 0.4) is 0 Å². The molecule has 0 saturated heterocycles. The number of aryl methyl sites for hydroxylation is 1. The van der Waals surface area contributed by atoms with Crippen LogP contribution in [0.2, 0.25) is 0 Å². The van der Waals surface area contributed by atoms with E-state index in [2.05, 4.69) is 4.98 Å². The number of rotatable bonds is 6. The topological polar surface area (TPSA) is 102 Å². The van der Waals surface area contributed by atoms with Crippen LogP contribution < -0.4 is 5.73 Å². The molecule has 0 saturated carbocycles. The number of benzene rings is 1. The first-order valence-corrected chi connectivity index (χ1v) is 8.88. The van der Waals surface area contributed by atoms with Gasteiger partial charge in [0.05, 0.1) is 9.82 Å². The summed E-state index contributed by atoms with van der Waals surface area (Å²) in [5.74, 6) is -0.294. The minimum absolute atomic E-state index is 0. The fourth-order valence-electron chi connectivity index (χ4n) is 1.91. The van der Waals surface area contributed by atoms with Crippen LogP contribution in [-0.4, -0.2) is 40.3 Å². The van der Waals surface area contributed by atoms with Gasteiger partial charge in [-0.1, -0.05) is 11.8 Å². The van der Waals surface area contributed by atoms with Crippen molar-refractivity contribution in [2.45, 2.75) is 29.1 Å². The molecule has 7 nitrogen and oxygen atoms in total. The molecule has 0 spiro atoms. The fraction of sp³-hybridized carbons (Fsp3) is 0.333. The Hall–Kier alpha value is -1.68. The van der Waals surface area contributed by atoms with Crippen LogP contribution in [0.5, 0.6) is 0 Å². The van der Waals surface area contributed by atoms with Crippen molar-refractivity contribution in [2.75, 3.05) is 13.6 Å². The van der Waals surface area contributed by atoms with Crippen LogP contribution in [0.15, 0.2) is 32.8 Å².